The maximum Gasteiger partial charge on any atom is 0.330 e. The van der Waals surface area contributed by atoms with Gasteiger partial charge in [0, 0.05) is 24.7 Å². The summed E-state index contributed by atoms with van der Waals surface area (Å²) in [4.78, 5) is 15.9. The van der Waals surface area contributed by atoms with E-state index < -0.39 is 0 Å². The van der Waals surface area contributed by atoms with Crippen LogP contribution < -0.4 is 14.3 Å². The van der Waals surface area contributed by atoms with Gasteiger partial charge >= 0.3 is 6.03 Å². The zero-order chi connectivity index (χ0) is 20.3. The van der Waals surface area contributed by atoms with Crippen molar-refractivity contribution in [2.75, 3.05) is 29.8 Å². The SMILES string of the molecule is CC(C)c1sc(Cl)cc1NC(=O)NSN(c1cnn(C)c1)C1CCCN(C)C1. The fourth-order valence-corrected chi connectivity index (χ4v) is 5.28. The van der Waals surface area contributed by atoms with Gasteiger partial charge in [0.15, 0.2) is 0 Å². The van der Waals surface area contributed by atoms with Crippen molar-refractivity contribution in [3.8, 4) is 0 Å². The Morgan fingerprint density at radius 3 is 2.89 bits per heavy atom. The Hall–Kier alpha value is -1.42. The second-order valence-electron chi connectivity index (χ2n) is 7.39. The van der Waals surface area contributed by atoms with Crippen LogP contribution in [0.4, 0.5) is 16.2 Å². The van der Waals surface area contributed by atoms with E-state index >= 15 is 0 Å². The zero-order valence-electron chi connectivity index (χ0n) is 16.6. The fourth-order valence-electron chi connectivity index (χ4n) is 3.33. The summed E-state index contributed by atoms with van der Waals surface area (Å²) in [5.41, 5.74) is 1.75. The average molecular weight is 443 g/mol. The average Bonchev–Trinajstić information content (AvgIpc) is 3.21. The maximum absolute atomic E-state index is 12.5. The van der Waals surface area contributed by atoms with Crippen LogP contribution in [-0.4, -0.2) is 46.9 Å². The zero-order valence-corrected chi connectivity index (χ0v) is 19.0. The molecule has 0 saturated carbocycles. The Morgan fingerprint density at radius 1 is 1.46 bits per heavy atom. The highest BCUT2D eigenvalue weighted by molar-refractivity contribution is 7.99. The van der Waals surface area contributed by atoms with Gasteiger partial charge in [0.1, 0.15) is 0 Å². The number of nitrogens with zero attached hydrogens (tertiary/aromatic N) is 4. The summed E-state index contributed by atoms with van der Waals surface area (Å²) in [6.07, 6.45) is 6.01. The van der Waals surface area contributed by atoms with Gasteiger partial charge in [-0.25, -0.2) is 4.79 Å². The topological polar surface area (TPSA) is 65.4 Å². The third kappa shape index (κ3) is 5.34. The van der Waals surface area contributed by atoms with Gasteiger partial charge < -0.3 is 10.2 Å². The van der Waals surface area contributed by atoms with Gasteiger partial charge in [0.2, 0.25) is 0 Å². The number of anilines is 2. The highest BCUT2D eigenvalue weighted by Crippen LogP contribution is 2.36. The lowest BCUT2D eigenvalue weighted by atomic mass is 10.1. The number of likely N-dealkylation sites (N-methyl/N-ethyl adjacent to an activating group) is 1. The molecule has 2 aromatic rings. The van der Waals surface area contributed by atoms with E-state index in [-0.39, 0.29) is 6.03 Å². The molecule has 7 nitrogen and oxygen atoms in total. The van der Waals surface area contributed by atoms with Crippen molar-refractivity contribution < 1.29 is 4.79 Å². The first-order valence-electron chi connectivity index (χ1n) is 9.33. The molecule has 2 amide bonds. The summed E-state index contributed by atoms with van der Waals surface area (Å²) >= 11 is 8.94. The van der Waals surface area contributed by atoms with E-state index in [1.54, 1.807) is 10.7 Å². The molecule has 3 heterocycles. The molecule has 28 heavy (non-hydrogen) atoms. The molecular formula is C18H27ClN6OS2. The van der Waals surface area contributed by atoms with Crippen molar-refractivity contribution in [1.29, 1.82) is 0 Å². The number of rotatable bonds is 6. The molecule has 1 fully saturated rings. The number of likely N-dealkylation sites (tertiary alicyclic amines) is 1. The number of thiophene rings is 1. The van der Waals surface area contributed by atoms with Crippen LogP contribution in [0.15, 0.2) is 18.5 Å². The number of hydrogen-bond acceptors (Lipinski definition) is 6. The molecule has 2 N–H and O–H groups in total. The molecule has 0 spiro atoms. The Bertz CT molecular complexity index is 808. The first kappa shape index (κ1) is 21.3. The van der Waals surface area contributed by atoms with E-state index in [0.717, 1.165) is 42.2 Å². The van der Waals surface area contributed by atoms with Crippen molar-refractivity contribution in [2.24, 2.45) is 7.05 Å². The monoisotopic (exact) mass is 442 g/mol. The lowest BCUT2D eigenvalue weighted by molar-refractivity contribution is 0.253. The van der Waals surface area contributed by atoms with Gasteiger partial charge in [-0.1, -0.05) is 25.4 Å². The number of carbonyl (C=O) groups excluding carboxylic acids is 1. The number of hydrogen-bond donors (Lipinski definition) is 2. The molecule has 0 bridgehead atoms. The van der Waals surface area contributed by atoms with Gasteiger partial charge in [-0.05, 0) is 38.4 Å². The molecule has 1 aliphatic rings. The Kier molecular flexibility index (Phi) is 7.14. The van der Waals surface area contributed by atoms with Crippen LogP contribution in [0.2, 0.25) is 4.34 Å². The molecular weight excluding hydrogens is 416 g/mol. The summed E-state index contributed by atoms with van der Waals surface area (Å²) in [6.45, 7) is 6.23. The van der Waals surface area contributed by atoms with Crippen LogP contribution in [0.25, 0.3) is 0 Å². The molecule has 0 radical (unpaired) electrons. The normalized spacial score (nSPS) is 17.7. The maximum atomic E-state index is 12.5. The Balaban J connectivity index is 1.67. The van der Waals surface area contributed by atoms with Crippen LogP contribution in [-0.2, 0) is 7.05 Å². The fraction of sp³-hybridized carbons (Fsp3) is 0.556. The van der Waals surface area contributed by atoms with Crippen LogP contribution >= 0.6 is 35.1 Å². The summed E-state index contributed by atoms with van der Waals surface area (Å²) < 4.78 is 7.52. The minimum atomic E-state index is -0.264. The molecule has 1 unspecified atom stereocenters. The predicted molar refractivity (Wildman–Crippen MR) is 119 cm³/mol. The van der Waals surface area contributed by atoms with Crippen molar-refractivity contribution in [1.82, 2.24) is 19.4 Å². The van der Waals surface area contributed by atoms with Crippen molar-refractivity contribution in [3.05, 3.63) is 27.7 Å². The van der Waals surface area contributed by atoms with Gasteiger partial charge in [0.05, 0.1) is 40.1 Å². The van der Waals surface area contributed by atoms with E-state index in [2.05, 4.69) is 45.2 Å². The number of amides is 2. The number of carbonyl (C=O) groups is 1. The lowest BCUT2D eigenvalue weighted by Gasteiger charge is -2.37. The molecule has 154 valence electrons. The van der Waals surface area contributed by atoms with E-state index in [1.807, 2.05) is 19.4 Å². The van der Waals surface area contributed by atoms with Gasteiger partial charge in [-0.2, -0.15) is 5.10 Å². The van der Waals surface area contributed by atoms with E-state index in [0.29, 0.717) is 16.3 Å². The summed E-state index contributed by atoms with van der Waals surface area (Å²) in [5, 5.41) is 7.22. The highest BCUT2D eigenvalue weighted by atomic mass is 35.5. The Morgan fingerprint density at radius 2 is 2.25 bits per heavy atom. The van der Waals surface area contributed by atoms with Crippen LogP contribution in [0.3, 0.4) is 0 Å². The van der Waals surface area contributed by atoms with E-state index in [1.165, 1.54) is 23.5 Å². The first-order valence-corrected chi connectivity index (χ1v) is 11.3. The number of piperidine rings is 1. The largest absolute Gasteiger partial charge is 0.330 e. The van der Waals surface area contributed by atoms with Crippen molar-refractivity contribution in [2.45, 2.75) is 38.6 Å². The van der Waals surface area contributed by atoms with Gasteiger partial charge in [-0.15, -0.1) is 11.3 Å². The molecule has 2 aromatic heterocycles. The summed E-state index contributed by atoms with van der Waals surface area (Å²) in [5.74, 6) is 0.296. The van der Waals surface area contributed by atoms with Crippen LogP contribution in [0.5, 0.6) is 0 Å². The third-order valence-corrected chi connectivity index (χ3v) is 7.16. The van der Waals surface area contributed by atoms with Crippen LogP contribution in [0.1, 0.15) is 37.5 Å². The van der Waals surface area contributed by atoms with Crippen molar-refractivity contribution in [3.63, 3.8) is 0 Å². The number of aromatic nitrogens is 2. The molecule has 1 saturated heterocycles. The number of nitrogens with one attached hydrogen (secondary N) is 2. The highest BCUT2D eigenvalue weighted by Gasteiger charge is 2.26. The lowest BCUT2D eigenvalue weighted by Crippen LogP contribution is -2.45. The van der Waals surface area contributed by atoms with E-state index in [4.69, 9.17) is 11.6 Å². The third-order valence-electron chi connectivity index (χ3n) is 4.62. The quantitative estimate of drug-likeness (QED) is 0.642. The standard InChI is InChI=1S/C18H27ClN6OS2/c1-12(2)17-15(8-16(19)27-17)21-18(26)22-28-25(14-9-20-24(4)11-14)13-6-5-7-23(3)10-13/h8-9,11-13H,5-7,10H2,1-4H3,(H2,21,22,26). The second-order valence-corrected chi connectivity index (χ2v) is 9.88. The van der Waals surface area contributed by atoms with Crippen LogP contribution in [0, 0.1) is 0 Å². The molecule has 10 heteroatoms. The summed E-state index contributed by atoms with van der Waals surface area (Å²) in [6, 6.07) is 1.84. The van der Waals surface area contributed by atoms with Gasteiger partial charge in [0.25, 0.3) is 0 Å². The molecule has 1 atom stereocenters. The Labute approximate surface area is 179 Å². The predicted octanol–water partition coefficient (Wildman–Crippen LogP) is 4.54. The number of halogens is 1. The molecule has 1 aliphatic heterocycles. The second kappa shape index (κ2) is 9.39. The smallest absolute Gasteiger partial charge is 0.306 e. The molecule has 0 aliphatic carbocycles. The summed E-state index contributed by atoms with van der Waals surface area (Å²) in [7, 11) is 4.03. The molecule has 0 aromatic carbocycles. The van der Waals surface area contributed by atoms with E-state index in [9.17, 15) is 4.79 Å². The molecule has 3 rings (SSSR count). The number of urea groups is 1. The van der Waals surface area contributed by atoms with Gasteiger partial charge in [-0.3, -0.25) is 13.7 Å². The van der Waals surface area contributed by atoms with Crippen molar-refractivity contribution >= 4 is 52.5 Å². The number of aryl methyl sites for hydroxylation is 1. The first-order chi connectivity index (χ1) is 13.3. The minimum Gasteiger partial charge on any atom is -0.306 e. The minimum absolute atomic E-state index is 0.264.